The zero-order chi connectivity index (χ0) is 17.2. The minimum absolute atomic E-state index is 0.133. The van der Waals surface area contributed by atoms with E-state index in [0.717, 1.165) is 4.90 Å². The average molecular weight is 343 g/mol. The number of urea groups is 1. The van der Waals surface area contributed by atoms with Gasteiger partial charge in [-0.3, -0.25) is 9.48 Å². The molecule has 8 nitrogen and oxygen atoms in total. The monoisotopic (exact) mass is 343 g/mol. The number of rotatable bonds is 2. The van der Waals surface area contributed by atoms with Gasteiger partial charge >= 0.3 is 12.0 Å². The number of hydrogen-bond acceptors (Lipinski definition) is 4. The highest BCUT2D eigenvalue weighted by Crippen LogP contribution is 2.20. The molecular weight excluding hydrogens is 324 g/mol. The smallest absolute Gasteiger partial charge is 0.341 e. The lowest BCUT2D eigenvalue weighted by molar-refractivity contribution is -0.146. The van der Waals surface area contributed by atoms with Crippen molar-refractivity contribution in [2.24, 2.45) is 0 Å². The van der Waals surface area contributed by atoms with Gasteiger partial charge in [-0.1, -0.05) is 0 Å². The van der Waals surface area contributed by atoms with Crippen molar-refractivity contribution in [2.75, 3.05) is 38.2 Å². The van der Waals surface area contributed by atoms with Crippen LogP contribution >= 0.6 is 0 Å². The molecule has 0 aromatic carbocycles. The highest BCUT2D eigenvalue weighted by Gasteiger charge is 2.42. The molecule has 1 aromatic rings. The van der Waals surface area contributed by atoms with Crippen molar-refractivity contribution in [3.05, 3.63) is 12.4 Å². The summed E-state index contributed by atoms with van der Waals surface area (Å²) in [5.41, 5.74) is 0.416. The maximum atomic E-state index is 13.9. The van der Waals surface area contributed by atoms with Crippen LogP contribution in [0.2, 0.25) is 0 Å². The molecule has 24 heavy (non-hydrogen) atoms. The van der Waals surface area contributed by atoms with Gasteiger partial charge in [-0.25, -0.2) is 4.79 Å². The minimum Gasteiger partial charge on any atom is -0.377 e. The summed E-state index contributed by atoms with van der Waals surface area (Å²) in [7, 11) is 0. The fraction of sp³-hybridized carbons (Fsp3) is 0.643. The van der Waals surface area contributed by atoms with Gasteiger partial charge in [0.2, 0.25) is 0 Å². The Morgan fingerprint density at radius 3 is 2.92 bits per heavy atom. The first-order valence-electron chi connectivity index (χ1n) is 7.80. The van der Waals surface area contributed by atoms with Gasteiger partial charge in [0.1, 0.15) is 0 Å². The number of aromatic nitrogens is 2. The Balaban J connectivity index is 1.65. The van der Waals surface area contributed by atoms with E-state index in [-0.39, 0.29) is 19.1 Å². The highest BCUT2D eigenvalue weighted by molar-refractivity contribution is 5.90. The molecule has 1 aromatic heterocycles. The van der Waals surface area contributed by atoms with Crippen LogP contribution < -0.4 is 10.6 Å². The summed E-state index contributed by atoms with van der Waals surface area (Å²) in [5.74, 6) is -4.96. The number of amides is 3. The second kappa shape index (κ2) is 6.71. The second-order valence-electron chi connectivity index (χ2n) is 5.92. The van der Waals surface area contributed by atoms with Crippen LogP contribution in [-0.2, 0) is 9.53 Å². The molecule has 2 N–H and O–H groups in total. The topological polar surface area (TPSA) is 88.5 Å². The van der Waals surface area contributed by atoms with E-state index in [1.807, 2.05) is 0 Å². The van der Waals surface area contributed by atoms with E-state index >= 15 is 0 Å². The van der Waals surface area contributed by atoms with Crippen molar-refractivity contribution in [2.45, 2.75) is 24.8 Å². The van der Waals surface area contributed by atoms with Gasteiger partial charge < -0.3 is 20.3 Å². The number of carbonyl (C=O) groups is 2. The fourth-order valence-electron chi connectivity index (χ4n) is 2.50. The van der Waals surface area contributed by atoms with Gasteiger partial charge in [-0.2, -0.15) is 13.9 Å². The van der Waals surface area contributed by atoms with E-state index in [0.29, 0.717) is 31.7 Å². The minimum atomic E-state index is -3.62. The average Bonchev–Trinajstić information content (AvgIpc) is 2.92. The summed E-state index contributed by atoms with van der Waals surface area (Å²) in [5, 5.41) is 8.85. The molecule has 132 valence electrons. The molecule has 2 saturated heterocycles. The third kappa shape index (κ3) is 3.64. The highest BCUT2D eigenvalue weighted by atomic mass is 19.3. The standard InChI is InChI=1S/C14H19F2N5O3/c15-14(16)9-20(4-2-1-3-17-12(14)22)13(23)19-10-5-18-21(6-10)11-7-24-8-11/h5-6,11H,1-4,7-9H2,(H,17,22)(H,19,23). The van der Waals surface area contributed by atoms with Crippen LogP contribution in [0.15, 0.2) is 12.4 Å². The number of anilines is 1. The van der Waals surface area contributed by atoms with Crippen molar-refractivity contribution in [3.8, 4) is 0 Å². The predicted molar refractivity (Wildman–Crippen MR) is 79.9 cm³/mol. The Morgan fingerprint density at radius 2 is 2.21 bits per heavy atom. The van der Waals surface area contributed by atoms with E-state index in [9.17, 15) is 18.4 Å². The Kier molecular flexibility index (Phi) is 4.65. The maximum Gasteiger partial charge on any atom is 0.341 e. The summed E-state index contributed by atoms with van der Waals surface area (Å²) in [6, 6.07) is -0.539. The molecule has 2 aliphatic rings. The number of halogens is 2. The molecule has 0 spiro atoms. The molecule has 3 amide bonds. The summed E-state index contributed by atoms with van der Waals surface area (Å²) in [4.78, 5) is 24.7. The third-order valence-corrected chi connectivity index (χ3v) is 4.00. The van der Waals surface area contributed by atoms with Crippen LogP contribution in [0.25, 0.3) is 0 Å². The van der Waals surface area contributed by atoms with Crippen LogP contribution in [0.4, 0.5) is 19.3 Å². The molecule has 0 saturated carbocycles. The van der Waals surface area contributed by atoms with Crippen molar-refractivity contribution >= 4 is 17.6 Å². The molecule has 10 heteroatoms. The number of carbonyl (C=O) groups excluding carboxylic acids is 2. The Bertz CT molecular complexity index is 617. The maximum absolute atomic E-state index is 13.9. The van der Waals surface area contributed by atoms with Crippen molar-refractivity contribution in [1.29, 1.82) is 0 Å². The summed E-state index contributed by atoms with van der Waals surface area (Å²) >= 11 is 0. The molecule has 2 fully saturated rings. The van der Waals surface area contributed by atoms with Gasteiger partial charge in [-0.05, 0) is 12.8 Å². The van der Waals surface area contributed by atoms with Gasteiger partial charge in [0.05, 0.1) is 37.7 Å². The fourth-order valence-corrected chi connectivity index (χ4v) is 2.50. The number of hydrogen-bond donors (Lipinski definition) is 2. The molecule has 0 aliphatic carbocycles. The SMILES string of the molecule is O=C(Nc1cnn(C2COC2)c1)N1CCCCNC(=O)C(F)(F)C1. The Labute approximate surface area is 137 Å². The Morgan fingerprint density at radius 1 is 1.42 bits per heavy atom. The zero-order valence-electron chi connectivity index (χ0n) is 13.0. The third-order valence-electron chi connectivity index (χ3n) is 4.00. The van der Waals surface area contributed by atoms with Crippen LogP contribution in [0.1, 0.15) is 18.9 Å². The first-order valence-corrected chi connectivity index (χ1v) is 7.80. The normalized spacial score (nSPS) is 21.9. The number of alkyl halides is 2. The van der Waals surface area contributed by atoms with E-state index in [4.69, 9.17) is 4.74 Å². The van der Waals surface area contributed by atoms with Crippen LogP contribution in [-0.4, -0.2) is 65.4 Å². The lowest BCUT2D eigenvalue weighted by Crippen LogP contribution is -2.50. The first-order chi connectivity index (χ1) is 11.5. The number of nitrogens with one attached hydrogen (secondary N) is 2. The Hall–Kier alpha value is -2.23. The van der Waals surface area contributed by atoms with Crippen molar-refractivity contribution in [3.63, 3.8) is 0 Å². The van der Waals surface area contributed by atoms with Crippen LogP contribution in [0.3, 0.4) is 0 Å². The number of nitrogens with zero attached hydrogens (tertiary/aromatic N) is 3. The van der Waals surface area contributed by atoms with E-state index in [1.165, 1.54) is 6.20 Å². The van der Waals surface area contributed by atoms with Crippen molar-refractivity contribution in [1.82, 2.24) is 20.0 Å². The summed E-state index contributed by atoms with van der Waals surface area (Å²) in [6.45, 7) is 0.501. The number of ether oxygens (including phenoxy) is 1. The molecule has 3 rings (SSSR count). The summed E-state index contributed by atoms with van der Waals surface area (Å²) in [6.07, 6.45) is 4.15. The molecular formula is C14H19F2N5O3. The molecule has 2 aliphatic heterocycles. The molecule has 0 atom stereocenters. The quantitative estimate of drug-likeness (QED) is 0.833. The van der Waals surface area contributed by atoms with E-state index in [2.05, 4.69) is 15.7 Å². The van der Waals surface area contributed by atoms with Crippen LogP contribution in [0, 0.1) is 0 Å². The summed E-state index contributed by atoms with van der Waals surface area (Å²) < 4.78 is 34.5. The molecule has 3 heterocycles. The zero-order valence-corrected chi connectivity index (χ0v) is 13.0. The van der Waals surface area contributed by atoms with Crippen molar-refractivity contribution < 1.29 is 23.1 Å². The molecule has 0 radical (unpaired) electrons. The van der Waals surface area contributed by atoms with Gasteiger partial charge in [0.25, 0.3) is 5.91 Å². The molecule has 0 bridgehead atoms. The van der Waals surface area contributed by atoms with Gasteiger partial charge in [0, 0.05) is 19.3 Å². The van der Waals surface area contributed by atoms with E-state index in [1.54, 1.807) is 10.9 Å². The van der Waals surface area contributed by atoms with E-state index < -0.39 is 24.4 Å². The molecule has 0 unspecified atom stereocenters. The van der Waals surface area contributed by atoms with Gasteiger partial charge in [-0.15, -0.1) is 0 Å². The van der Waals surface area contributed by atoms with Gasteiger partial charge in [0.15, 0.2) is 0 Å². The lowest BCUT2D eigenvalue weighted by atomic mass is 10.3. The van der Waals surface area contributed by atoms with Crippen LogP contribution in [0.5, 0.6) is 0 Å². The largest absolute Gasteiger partial charge is 0.377 e. The first kappa shape index (κ1) is 16.6. The lowest BCUT2D eigenvalue weighted by Gasteiger charge is -2.26. The predicted octanol–water partition coefficient (Wildman–Crippen LogP) is 0.834. The second-order valence-corrected chi connectivity index (χ2v) is 5.92.